The second kappa shape index (κ2) is 12.9. The van der Waals surface area contributed by atoms with Crippen molar-refractivity contribution in [3.05, 3.63) is 53.1 Å². The van der Waals surface area contributed by atoms with E-state index in [4.69, 9.17) is 18.9 Å². The molecule has 2 aliphatic heterocycles. The number of hydrogen-bond donors (Lipinski definition) is 1. The van der Waals surface area contributed by atoms with E-state index in [0.717, 1.165) is 19.4 Å². The van der Waals surface area contributed by atoms with E-state index < -0.39 is 17.7 Å². The number of likely N-dealkylation sites (tertiary alicyclic amines) is 1. The van der Waals surface area contributed by atoms with Crippen molar-refractivity contribution < 1.29 is 33.6 Å². The highest BCUT2D eigenvalue weighted by Gasteiger charge is 2.46. The molecule has 1 fully saturated rings. The van der Waals surface area contributed by atoms with Crippen LogP contribution in [0.3, 0.4) is 0 Å². The van der Waals surface area contributed by atoms with Crippen LogP contribution in [-0.4, -0.2) is 80.2 Å². The predicted molar refractivity (Wildman–Crippen MR) is 148 cm³/mol. The number of hydrogen-bond acceptors (Lipinski definition) is 8. The zero-order valence-corrected chi connectivity index (χ0v) is 23.2. The number of carbonyl (C=O) groups is 2. The van der Waals surface area contributed by atoms with Crippen LogP contribution in [0.25, 0.3) is 5.76 Å². The van der Waals surface area contributed by atoms with Crippen molar-refractivity contribution >= 4 is 17.4 Å². The molecule has 9 heteroatoms. The summed E-state index contributed by atoms with van der Waals surface area (Å²) in [6, 6.07) is 9.64. The molecule has 0 aromatic heterocycles. The van der Waals surface area contributed by atoms with Gasteiger partial charge in [0.15, 0.2) is 23.0 Å². The average Bonchev–Trinajstić information content (AvgIpc) is 3.18. The number of rotatable bonds is 12. The fraction of sp³-hybridized carbons (Fsp3) is 0.467. The quantitative estimate of drug-likeness (QED) is 0.184. The average molecular weight is 539 g/mol. The van der Waals surface area contributed by atoms with Crippen LogP contribution < -0.4 is 18.9 Å². The first-order valence-electron chi connectivity index (χ1n) is 13.6. The van der Waals surface area contributed by atoms with E-state index in [1.807, 2.05) is 32.0 Å². The number of nitrogens with zero attached hydrogens (tertiary/aromatic N) is 2. The van der Waals surface area contributed by atoms with Crippen molar-refractivity contribution in [3.63, 3.8) is 0 Å². The Labute approximate surface area is 229 Å². The second-order valence-electron chi connectivity index (χ2n) is 9.85. The summed E-state index contributed by atoms with van der Waals surface area (Å²) in [4.78, 5) is 30.3. The van der Waals surface area contributed by atoms with Gasteiger partial charge in [-0.2, -0.15) is 0 Å². The predicted octanol–water partition coefficient (Wildman–Crippen LogP) is 4.41. The SMILES string of the molecule is CCCCOc1ccc([C@@H]2C(=C(O)c3ccc4c(c3)OCCO4)C(=O)C(=O)N2CCCN(C)C)cc1OCC. The van der Waals surface area contributed by atoms with E-state index in [0.29, 0.717) is 73.5 Å². The molecule has 1 saturated heterocycles. The van der Waals surface area contributed by atoms with Crippen molar-refractivity contribution in [2.45, 2.75) is 39.2 Å². The number of fused-ring (bicyclic) bond motifs is 1. The van der Waals surface area contributed by atoms with Crippen LogP contribution >= 0.6 is 0 Å². The molecule has 2 heterocycles. The number of aliphatic hydroxyl groups excluding tert-OH is 1. The van der Waals surface area contributed by atoms with E-state index in [1.54, 1.807) is 30.3 Å². The van der Waals surface area contributed by atoms with Crippen molar-refractivity contribution in [2.75, 3.05) is 53.6 Å². The summed E-state index contributed by atoms with van der Waals surface area (Å²) in [7, 11) is 3.91. The number of ketones is 1. The first-order chi connectivity index (χ1) is 18.8. The van der Waals surface area contributed by atoms with Crippen LogP contribution in [0.15, 0.2) is 42.0 Å². The smallest absolute Gasteiger partial charge is 0.295 e. The van der Waals surface area contributed by atoms with Crippen LogP contribution in [0.2, 0.25) is 0 Å². The van der Waals surface area contributed by atoms with Crippen molar-refractivity contribution in [1.82, 2.24) is 9.80 Å². The zero-order chi connectivity index (χ0) is 27.9. The summed E-state index contributed by atoms with van der Waals surface area (Å²) in [5.74, 6) is 0.562. The number of carbonyl (C=O) groups excluding carboxylic acids is 2. The fourth-order valence-electron chi connectivity index (χ4n) is 4.77. The molecule has 9 nitrogen and oxygen atoms in total. The molecule has 0 spiro atoms. The van der Waals surface area contributed by atoms with E-state index in [9.17, 15) is 14.7 Å². The molecule has 39 heavy (non-hydrogen) atoms. The summed E-state index contributed by atoms with van der Waals surface area (Å²) in [5, 5.41) is 11.5. The van der Waals surface area contributed by atoms with Crippen LogP contribution in [0.4, 0.5) is 0 Å². The first-order valence-corrected chi connectivity index (χ1v) is 13.6. The third-order valence-electron chi connectivity index (χ3n) is 6.70. The minimum Gasteiger partial charge on any atom is -0.507 e. The zero-order valence-electron chi connectivity index (χ0n) is 23.2. The molecule has 1 amide bonds. The molecule has 0 radical (unpaired) electrons. The minimum absolute atomic E-state index is 0.0311. The Morgan fingerprint density at radius 2 is 1.77 bits per heavy atom. The molecule has 0 saturated carbocycles. The number of Topliss-reactive ketones (excluding diaryl/α,β-unsaturated/α-hetero) is 1. The van der Waals surface area contributed by atoms with E-state index in [-0.39, 0.29) is 11.3 Å². The molecule has 0 bridgehead atoms. The van der Waals surface area contributed by atoms with Crippen molar-refractivity contribution in [2.24, 2.45) is 0 Å². The standard InChI is InChI=1S/C30H38N2O7/c1-5-7-15-37-22-11-9-20(18-24(22)36-6-2)27-26(29(34)30(35)32(27)14-8-13-31(3)4)28(33)21-10-12-23-25(19-21)39-17-16-38-23/h9-12,18-19,27,33H,5-8,13-17H2,1-4H3/t27-/m1/s1. The largest absolute Gasteiger partial charge is 0.507 e. The Morgan fingerprint density at radius 3 is 2.49 bits per heavy atom. The van der Waals surface area contributed by atoms with Crippen LogP contribution in [0.5, 0.6) is 23.0 Å². The molecule has 0 aliphatic carbocycles. The molecular formula is C30H38N2O7. The van der Waals surface area contributed by atoms with Gasteiger partial charge in [0, 0.05) is 12.1 Å². The Hall–Kier alpha value is -3.72. The van der Waals surface area contributed by atoms with Gasteiger partial charge in [0.1, 0.15) is 19.0 Å². The monoisotopic (exact) mass is 538 g/mol. The minimum atomic E-state index is -0.788. The van der Waals surface area contributed by atoms with Crippen molar-refractivity contribution in [3.8, 4) is 23.0 Å². The van der Waals surface area contributed by atoms with Crippen LogP contribution in [0.1, 0.15) is 50.3 Å². The molecule has 1 atom stereocenters. The van der Waals surface area contributed by atoms with E-state index in [1.165, 1.54) is 4.90 Å². The van der Waals surface area contributed by atoms with Gasteiger partial charge >= 0.3 is 0 Å². The maximum Gasteiger partial charge on any atom is 0.295 e. The highest BCUT2D eigenvalue weighted by Crippen LogP contribution is 2.43. The van der Waals surface area contributed by atoms with Crippen LogP contribution in [0, 0.1) is 0 Å². The molecule has 4 rings (SSSR count). The maximum absolute atomic E-state index is 13.4. The van der Waals surface area contributed by atoms with Gasteiger partial charge in [-0.25, -0.2) is 0 Å². The Morgan fingerprint density at radius 1 is 1.00 bits per heavy atom. The van der Waals surface area contributed by atoms with Crippen molar-refractivity contribution in [1.29, 1.82) is 0 Å². The summed E-state index contributed by atoms with van der Waals surface area (Å²) in [5.41, 5.74) is 1.06. The number of ether oxygens (including phenoxy) is 4. The molecule has 0 unspecified atom stereocenters. The highest BCUT2D eigenvalue weighted by atomic mass is 16.6. The van der Waals surface area contributed by atoms with Gasteiger partial charge < -0.3 is 33.9 Å². The second-order valence-corrected chi connectivity index (χ2v) is 9.85. The number of amides is 1. The molecule has 1 N–H and O–H groups in total. The third-order valence-corrected chi connectivity index (χ3v) is 6.70. The highest BCUT2D eigenvalue weighted by molar-refractivity contribution is 6.46. The third kappa shape index (κ3) is 6.30. The summed E-state index contributed by atoms with van der Waals surface area (Å²) in [6.45, 7) is 6.89. The Kier molecular flexibility index (Phi) is 9.35. The van der Waals surface area contributed by atoms with E-state index in [2.05, 4.69) is 6.92 Å². The Bertz CT molecular complexity index is 1220. The fourth-order valence-corrected chi connectivity index (χ4v) is 4.77. The molecule has 2 aromatic rings. The first kappa shape index (κ1) is 28.3. The van der Waals surface area contributed by atoms with E-state index >= 15 is 0 Å². The lowest BCUT2D eigenvalue weighted by Crippen LogP contribution is -2.32. The molecule has 210 valence electrons. The lowest BCUT2D eigenvalue weighted by atomic mass is 9.94. The van der Waals surface area contributed by atoms with Crippen LogP contribution in [-0.2, 0) is 9.59 Å². The number of unbranched alkanes of at least 4 members (excludes halogenated alkanes) is 1. The summed E-state index contributed by atoms with van der Waals surface area (Å²) < 4.78 is 23.1. The van der Waals surface area contributed by atoms with Gasteiger partial charge in [-0.15, -0.1) is 0 Å². The molecular weight excluding hydrogens is 500 g/mol. The number of benzene rings is 2. The van der Waals surface area contributed by atoms with Gasteiger partial charge in [-0.1, -0.05) is 19.4 Å². The lowest BCUT2D eigenvalue weighted by molar-refractivity contribution is -0.139. The summed E-state index contributed by atoms with van der Waals surface area (Å²) >= 11 is 0. The summed E-state index contributed by atoms with van der Waals surface area (Å²) in [6.07, 6.45) is 2.58. The Balaban J connectivity index is 1.78. The maximum atomic E-state index is 13.4. The van der Waals surface area contributed by atoms with Gasteiger partial charge in [0.25, 0.3) is 11.7 Å². The topological polar surface area (TPSA) is 97.8 Å². The normalized spacial score (nSPS) is 18.1. The van der Waals surface area contributed by atoms with Gasteiger partial charge in [0.2, 0.25) is 0 Å². The van der Waals surface area contributed by atoms with Gasteiger partial charge in [0.05, 0.1) is 24.8 Å². The molecule has 2 aliphatic rings. The number of aliphatic hydroxyl groups is 1. The molecule has 2 aromatic carbocycles. The lowest BCUT2D eigenvalue weighted by Gasteiger charge is -2.27. The van der Waals surface area contributed by atoms with Gasteiger partial charge in [-0.05, 0) is 76.3 Å². The van der Waals surface area contributed by atoms with Gasteiger partial charge in [-0.3, -0.25) is 9.59 Å².